The van der Waals surface area contributed by atoms with E-state index in [4.69, 9.17) is 5.73 Å². The number of hydrogen-bond acceptors (Lipinski definition) is 2. The predicted octanol–water partition coefficient (Wildman–Crippen LogP) is 1.50. The zero-order valence-corrected chi connectivity index (χ0v) is 8.86. The number of anilines is 1. The van der Waals surface area contributed by atoms with E-state index in [1.165, 1.54) is 11.6 Å². The van der Waals surface area contributed by atoms with Crippen LogP contribution in [0.15, 0.2) is 36.4 Å². The van der Waals surface area contributed by atoms with Gasteiger partial charge in [0.2, 0.25) is 5.91 Å². The Morgan fingerprint density at radius 2 is 2.07 bits per heavy atom. The molecular formula is C12H16N2O. The molecule has 1 rings (SSSR count). The summed E-state index contributed by atoms with van der Waals surface area (Å²) in [4.78, 5) is 11.1. The SMILES string of the molecule is CC=CC(=O)NCCc1ccc(N)cc1. The fourth-order valence-electron chi connectivity index (χ4n) is 1.22. The molecule has 0 atom stereocenters. The van der Waals surface area contributed by atoms with Crippen LogP contribution in [0.3, 0.4) is 0 Å². The summed E-state index contributed by atoms with van der Waals surface area (Å²) in [5.41, 5.74) is 7.50. The van der Waals surface area contributed by atoms with E-state index in [1.807, 2.05) is 31.2 Å². The third-order valence-electron chi connectivity index (χ3n) is 2.01. The topological polar surface area (TPSA) is 55.1 Å². The molecule has 0 aromatic heterocycles. The fraction of sp³-hybridized carbons (Fsp3) is 0.250. The van der Waals surface area contributed by atoms with Crippen molar-refractivity contribution in [3.05, 3.63) is 42.0 Å². The van der Waals surface area contributed by atoms with E-state index in [2.05, 4.69) is 5.32 Å². The summed E-state index contributed by atoms with van der Waals surface area (Å²) in [6.45, 7) is 2.46. The number of allylic oxidation sites excluding steroid dienone is 1. The van der Waals surface area contributed by atoms with Gasteiger partial charge >= 0.3 is 0 Å². The Bertz CT molecular complexity index is 341. The molecule has 0 aliphatic rings. The highest BCUT2D eigenvalue weighted by atomic mass is 16.1. The van der Waals surface area contributed by atoms with E-state index in [0.29, 0.717) is 6.54 Å². The number of benzene rings is 1. The summed E-state index contributed by atoms with van der Waals surface area (Å²) in [5, 5.41) is 2.79. The molecule has 0 heterocycles. The lowest BCUT2D eigenvalue weighted by Gasteiger charge is -2.02. The van der Waals surface area contributed by atoms with Gasteiger partial charge in [-0.15, -0.1) is 0 Å². The van der Waals surface area contributed by atoms with Crippen molar-refractivity contribution in [3.63, 3.8) is 0 Å². The molecule has 80 valence electrons. The van der Waals surface area contributed by atoms with Gasteiger partial charge < -0.3 is 11.1 Å². The molecule has 3 nitrogen and oxygen atoms in total. The van der Waals surface area contributed by atoms with Gasteiger partial charge in [-0.3, -0.25) is 4.79 Å². The van der Waals surface area contributed by atoms with Gasteiger partial charge in [0.15, 0.2) is 0 Å². The second kappa shape index (κ2) is 5.86. The van der Waals surface area contributed by atoms with Crippen LogP contribution in [0, 0.1) is 0 Å². The molecule has 1 aromatic rings. The molecule has 15 heavy (non-hydrogen) atoms. The van der Waals surface area contributed by atoms with E-state index in [0.717, 1.165) is 12.1 Å². The van der Waals surface area contributed by atoms with E-state index >= 15 is 0 Å². The van der Waals surface area contributed by atoms with Crippen LogP contribution < -0.4 is 11.1 Å². The Balaban J connectivity index is 2.32. The lowest BCUT2D eigenvalue weighted by atomic mass is 10.1. The molecule has 0 radical (unpaired) electrons. The Kier molecular flexibility index (Phi) is 4.41. The van der Waals surface area contributed by atoms with Gasteiger partial charge in [0.05, 0.1) is 0 Å². The number of hydrogen-bond donors (Lipinski definition) is 2. The first-order valence-corrected chi connectivity index (χ1v) is 4.97. The molecule has 0 aliphatic carbocycles. The number of nitrogen functional groups attached to an aromatic ring is 1. The summed E-state index contributed by atoms with van der Waals surface area (Å²) in [6.07, 6.45) is 4.06. The second-order valence-corrected chi connectivity index (χ2v) is 3.28. The van der Waals surface area contributed by atoms with Crippen LogP contribution in [-0.4, -0.2) is 12.5 Å². The molecule has 0 unspecified atom stereocenters. The Morgan fingerprint density at radius 3 is 2.67 bits per heavy atom. The molecule has 0 spiro atoms. The van der Waals surface area contributed by atoms with Crippen LogP contribution in [-0.2, 0) is 11.2 Å². The smallest absolute Gasteiger partial charge is 0.243 e. The molecule has 0 bridgehead atoms. The van der Waals surface area contributed by atoms with Crippen LogP contribution in [0.5, 0.6) is 0 Å². The summed E-state index contributed by atoms with van der Waals surface area (Å²) in [5.74, 6) is -0.0482. The monoisotopic (exact) mass is 204 g/mol. The molecule has 1 amide bonds. The third kappa shape index (κ3) is 4.31. The van der Waals surface area contributed by atoms with Gasteiger partial charge in [-0.05, 0) is 37.1 Å². The first-order valence-electron chi connectivity index (χ1n) is 4.97. The number of amides is 1. The summed E-state index contributed by atoms with van der Waals surface area (Å²) >= 11 is 0. The lowest BCUT2D eigenvalue weighted by molar-refractivity contribution is -0.116. The largest absolute Gasteiger partial charge is 0.399 e. The molecule has 0 saturated carbocycles. The van der Waals surface area contributed by atoms with Crippen LogP contribution in [0.1, 0.15) is 12.5 Å². The van der Waals surface area contributed by atoms with Crippen molar-refractivity contribution < 1.29 is 4.79 Å². The molecular weight excluding hydrogens is 188 g/mol. The Labute approximate surface area is 90.0 Å². The Morgan fingerprint density at radius 1 is 1.40 bits per heavy atom. The molecule has 1 aromatic carbocycles. The van der Waals surface area contributed by atoms with Crippen molar-refractivity contribution in [1.82, 2.24) is 5.32 Å². The van der Waals surface area contributed by atoms with Gasteiger partial charge in [0.1, 0.15) is 0 Å². The van der Waals surface area contributed by atoms with Gasteiger partial charge in [-0.25, -0.2) is 0 Å². The highest BCUT2D eigenvalue weighted by Crippen LogP contribution is 2.05. The van der Waals surface area contributed by atoms with Gasteiger partial charge in [0.25, 0.3) is 0 Å². The van der Waals surface area contributed by atoms with E-state index in [-0.39, 0.29) is 5.91 Å². The average molecular weight is 204 g/mol. The Hall–Kier alpha value is -1.77. The average Bonchev–Trinajstić information content (AvgIpc) is 2.21. The standard InChI is InChI=1S/C12H16N2O/c1-2-3-12(15)14-9-8-10-4-6-11(13)7-5-10/h2-7H,8-9,13H2,1H3,(H,14,15). The van der Waals surface area contributed by atoms with Crippen molar-refractivity contribution in [2.45, 2.75) is 13.3 Å². The second-order valence-electron chi connectivity index (χ2n) is 3.28. The molecule has 0 fully saturated rings. The fourth-order valence-corrected chi connectivity index (χ4v) is 1.22. The van der Waals surface area contributed by atoms with Gasteiger partial charge in [-0.1, -0.05) is 18.2 Å². The van der Waals surface area contributed by atoms with Crippen molar-refractivity contribution in [1.29, 1.82) is 0 Å². The van der Waals surface area contributed by atoms with E-state index in [1.54, 1.807) is 6.08 Å². The minimum atomic E-state index is -0.0482. The van der Waals surface area contributed by atoms with Gasteiger partial charge in [0, 0.05) is 12.2 Å². The van der Waals surface area contributed by atoms with E-state index < -0.39 is 0 Å². The predicted molar refractivity (Wildman–Crippen MR) is 62.4 cm³/mol. The maximum absolute atomic E-state index is 11.1. The number of nitrogens with one attached hydrogen (secondary N) is 1. The number of carbonyl (C=O) groups is 1. The first-order chi connectivity index (χ1) is 7.22. The van der Waals surface area contributed by atoms with Crippen LogP contribution in [0.2, 0.25) is 0 Å². The minimum Gasteiger partial charge on any atom is -0.399 e. The van der Waals surface area contributed by atoms with Crippen molar-refractivity contribution >= 4 is 11.6 Å². The van der Waals surface area contributed by atoms with E-state index in [9.17, 15) is 4.79 Å². The quantitative estimate of drug-likeness (QED) is 0.577. The number of carbonyl (C=O) groups excluding carboxylic acids is 1. The molecule has 0 saturated heterocycles. The highest BCUT2D eigenvalue weighted by molar-refractivity contribution is 5.87. The maximum Gasteiger partial charge on any atom is 0.243 e. The zero-order chi connectivity index (χ0) is 11.1. The summed E-state index contributed by atoms with van der Waals surface area (Å²) in [7, 11) is 0. The third-order valence-corrected chi connectivity index (χ3v) is 2.01. The molecule has 3 N–H and O–H groups in total. The number of rotatable bonds is 4. The summed E-state index contributed by atoms with van der Waals surface area (Å²) in [6, 6.07) is 7.67. The van der Waals surface area contributed by atoms with Crippen LogP contribution in [0.25, 0.3) is 0 Å². The zero-order valence-electron chi connectivity index (χ0n) is 8.86. The first kappa shape index (κ1) is 11.3. The number of nitrogens with two attached hydrogens (primary N) is 1. The molecule has 0 aliphatic heterocycles. The van der Waals surface area contributed by atoms with Crippen LogP contribution >= 0.6 is 0 Å². The normalized spacial score (nSPS) is 10.5. The van der Waals surface area contributed by atoms with Gasteiger partial charge in [-0.2, -0.15) is 0 Å². The summed E-state index contributed by atoms with van der Waals surface area (Å²) < 4.78 is 0. The van der Waals surface area contributed by atoms with Crippen molar-refractivity contribution in [3.8, 4) is 0 Å². The van der Waals surface area contributed by atoms with Crippen LogP contribution in [0.4, 0.5) is 5.69 Å². The van der Waals surface area contributed by atoms with Crippen molar-refractivity contribution in [2.24, 2.45) is 0 Å². The lowest BCUT2D eigenvalue weighted by Crippen LogP contribution is -2.23. The molecule has 3 heteroatoms. The highest BCUT2D eigenvalue weighted by Gasteiger charge is 1.95. The maximum atomic E-state index is 11.1. The minimum absolute atomic E-state index is 0.0482. The van der Waals surface area contributed by atoms with Crippen molar-refractivity contribution in [2.75, 3.05) is 12.3 Å².